The first-order chi connectivity index (χ1) is 14.4. The average molecular weight is 411 g/mol. The van der Waals surface area contributed by atoms with Gasteiger partial charge in [-0.2, -0.15) is 0 Å². The van der Waals surface area contributed by atoms with E-state index in [0.717, 1.165) is 0 Å². The molecule has 154 valence electrons. The van der Waals surface area contributed by atoms with Gasteiger partial charge in [0.05, 0.1) is 5.56 Å². The van der Waals surface area contributed by atoms with Gasteiger partial charge in [0.2, 0.25) is 5.91 Å². The maximum absolute atomic E-state index is 15.4. The van der Waals surface area contributed by atoms with Gasteiger partial charge >= 0.3 is 0 Å². The largest absolute Gasteiger partial charge is 0.351 e. The average Bonchev–Trinajstić information content (AvgIpc) is 2.78. The molecular formula is C21H19F2N5O2. The minimum absolute atomic E-state index is 0.0649. The van der Waals surface area contributed by atoms with E-state index in [1.165, 1.54) is 48.3 Å². The summed E-state index contributed by atoms with van der Waals surface area (Å²) >= 11 is 0. The van der Waals surface area contributed by atoms with Crippen molar-refractivity contribution in [3.8, 4) is 11.1 Å². The monoisotopic (exact) mass is 411 g/mol. The van der Waals surface area contributed by atoms with Crippen LogP contribution in [0.3, 0.4) is 0 Å². The fourth-order valence-electron chi connectivity index (χ4n) is 3.72. The molecule has 0 aliphatic carbocycles. The zero-order valence-electron chi connectivity index (χ0n) is 16.3. The zero-order chi connectivity index (χ0) is 21.4. The Labute approximate surface area is 170 Å². The Morgan fingerprint density at radius 1 is 1.13 bits per heavy atom. The molecule has 7 nitrogen and oxygen atoms in total. The van der Waals surface area contributed by atoms with Gasteiger partial charge in [0.25, 0.3) is 5.56 Å². The molecule has 3 aromatic rings. The van der Waals surface area contributed by atoms with E-state index >= 15 is 4.39 Å². The molecule has 1 saturated heterocycles. The van der Waals surface area contributed by atoms with Gasteiger partial charge in [0.1, 0.15) is 23.2 Å². The zero-order valence-corrected chi connectivity index (χ0v) is 16.3. The van der Waals surface area contributed by atoms with Crippen LogP contribution in [0.5, 0.6) is 0 Å². The van der Waals surface area contributed by atoms with Crippen molar-refractivity contribution in [2.45, 2.75) is 0 Å². The van der Waals surface area contributed by atoms with Crippen molar-refractivity contribution >= 4 is 22.8 Å². The summed E-state index contributed by atoms with van der Waals surface area (Å²) in [5.41, 5.74) is -1.00. The molecule has 3 heterocycles. The summed E-state index contributed by atoms with van der Waals surface area (Å²) in [6.45, 7) is 5.29. The van der Waals surface area contributed by atoms with Gasteiger partial charge in [-0.1, -0.05) is 24.8 Å². The van der Waals surface area contributed by atoms with Gasteiger partial charge in [-0.3, -0.25) is 9.59 Å². The fraction of sp³-hybridized carbons (Fsp3) is 0.238. The molecule has 1 aliphatic rings. The summed E-state index contributed by atoms with van der Waals surface area (Å²) in [6, 6.07) is 5.54. The minimum Gasteiger partial charge on any atom is -0.351 e. The molecule has 0 atom stereocenters. The second-order valence-electron chi connectivity index (χ2n) is 6.94. The summed E-state index contributed by atoms with van der Waals surface area (Å²) < 4.78 is 30.9. The van der Waals surface area contributed by atoms with Crippen LogP contribution < -0.4 is 10.5 Å². The number of amides is 1. The molecule has 0 spiro atoms. The van der Waals surface area contributed by atoms with Crippen molar-refractivity contribution in [3.05, 3.63) is 65.2 Å². The standard InChI is InChI=1S/C21H19F2N5O2/c1-3-15(29)27-8-10-28(11-9-27)20-19-18(24-12-25-20)17(23)16(21(30)26(19)2)13-6-4-5-7-14(13)22/h3-7,12H,1,8-11H2,2H3. The van der Waals surface area contributed by atoms with Gasteiger partial charge in [-0.15, -0.1) is 0 Å². The lowest BCUT2D eigenvalue weighted by atomic mass is 10.0. The minimum atomic E-state index is -0.887. The van der Waals surface area contributed by atoms with E-state index in [0.29, 0.717) is 32.0 Å². The van der Waals surface area contributed by atoms with Crippen LogP contribution >= 0.6 is 0 Å². The van der Waals surface area contributed by atoms with Crippen LogP contribution in [0.1, 0.15) is 0 Å². The normalized spacial score (nSPS) is 14.2. The maximum atomic E-state index is 15.4. The van der Waals surface area contributed by atoms with E-state index in [1.54, 1.807) is 4.90 Å². The molecule has 0 unspecified atom stereocenters. The van der Waals surface area contributed by atoms with Gasteiger partial charge in [0, 0.05) is 38.8 Å². The Bertz CT molecular complexity index is 1220. The lowest BCUT2D eigenvalue weighted by molar-refractivity contribution is -0.126. The first kappa shape index (κ1) is 19.7. The van der Waals surface area contributed by atoms with Crippen molar-refractivity contribution in [1.29, 1.82) is 0 Å². The van der Waals surface area contributed by atoms with Crippen molar-refractivity contribution in [1.82, 2.24) is 19.4 Å². The van der Waals surface area contributed by atoms with E-state index in [4.69, 9.17) is 0 Å². The quantitative estimate of drug-likeness (QED) is 0.618. The summed E-state index contributed by atoms with van der Waals surface area (Å²) in [6.07, 6.45) is 2.48. The molecule has 30 heavy (non-hydrogen) atoms. The number of halogens is 2. The van der Waals surface area contributed by atoms with Gasteiger partial charge in [-0.25, -0.2) is 18.7 Å². The maximum Gasteiger partial charge on any atom is 0.261 e. The summed E-state index contributed by atoms with van der Waals surface area (Å²) in [5.74, 6) is -1.34. The molecule has 4 rings (SSSR count). The number of pyridine rings is 1. The first-order valence-electron chi connectivity index (χ1n) is 9.38. The van der Waals surface area contributed by atoms with Crippen molar-refractivity contribution in [3.63, 3.8) is 0 Å². The third kappa shape index (κ3) is 3.12. The second-order valence-corrected chi connectivity index (χ2v) is 6.94. The predicted molar refractivity (Wildman–Crippen MR) is 109 cm³/mol. The highest BCUT2D eigenvalue weighted by Crippen LogP contribution is 2.30. The van der Waals surface area contributed by atoms with Gasteiger partial charge in [0.15, 0.2) is 11.6 Å². The number of hydrogen-bond acceptors (Lipinski definition) is 5. The molecule has 1 fully saturated rings. The highest BCUT2D eigenvalue weighted by molar-refractivity contribution is 5.90. The van der Waals surface area contributed by atoms with Crippen molar-refractivity contribution < 1.29 is 13.6 Å². The van der Waals surface area contributed by atoms with Crippen molar-refractivity contribution in [2.24, 2.45) is 7.05 Å². The van der Waals surface area contributed by atoms with E-state index in [1.807, 2.05) is 4.90 Å². The molecule has 1 aromatic carbocycles. The Morgan fingerprint density at radius 2 is 1.83 bits per heavy atom. The summed E-state index contributed by atoms with van der Waals surface area (Å²) in [4.78, 5) is 36.6. The molecule has 1 amide bonds. The summed E-state index contributed by atoms with van der Waals surface area (Å²) in [7, 11) is 1.48. The fourth-order valence-corrected chi connectivity index (χ4v) is 3.72. The van der Waals surface area contributed by atoms with Crippen LogP contribution in [0.25, 0.3) is 22.2 Å². The topological polar surface area (TPSA) is 71.3 Å². The predicted octanol–water partition coefficient (Wildman–Crippen LogP) is 2.11. The SMILES string of the molecule is C=CC(=O)N1CCN(c2ncnc3c(F)c(-c4ccccc4F)c(=O)n(C)c23)CC1. The first-order valence-corrected chi connectivity index (χ1v) is 9.38. The number of aromatic nitrogens is 3. The molecular weight excluding hydrogens is 392 g/mol. The van der Waals surface area contributed by atoms with Gasteiger partial charge < -0.3 is 14.4 Å². The lowest BCUT2D eigenvalue weighted by Crippen LogP contribution is -2.48. The lowest BCUT2D eigenvalue weighted by Gasteiger charge is -2.35. The number of hydrogen-bond donors (Lipinski definition) is 0. The molecule has 9 heteroatoms. The number of nitrogens with zero attached hydrogens (tertiary/aromatic N) is 5. The highest BCUT2D eigenvalue weighted by atomic mass is 19.1. The van der Waals surface area contributed by atoms with Crippen LogP contribution in [0.2, 0.25) is 0 Å². The molecule has 2 aromatic heterocycles. The van der Waals surface area contributed by atoms with E-state index in [-0.39, 0.29) is 28.1 Å². The Kier molecular flexibility index (Phi) is 5.03. The molecule has 1 aliphatic heterocycles. The Balaban J connectivity index is 1.84. The third-order valence-corrected chi connectivity index (χ3v) is 5.29. The van der Waals surface area contributed by atoms with E-state index < -0.39 is 17.2 Å². The van der Waals surface area contributed by atoms with Crippen LogP contribution in [0.4, 0.5) is 14.6 Å². The number of fused-ring (bicyclic) bond motifs is 1. The smallest absolute Gasteiger partial charge is 0.261 e. The van der Waals surface area contributed by atoms with Crippen LogP contribution in [-0.2, 0) is 11.8 Å². The number of carbonyl (C=O) groups is 1. The second kappa shape index (κ2) is 7.66. The number of rotatable bonds is 3. The van der Waals surface area contributed by atoms with Gasteiger partial charge in [-0.05, 0) is 12.1 Å². The van der Waals surface area contributed by atoms with Crippen LogP contribution in [0, 0.1) is 11.6 Å². The molecule has 0 saturated carbocycles. The number of benzene rings is 1. The van der Waals surface area contributed by atoms with Crippen LogP contribution in [0.15, 0.2) is 48.0 Å². The Hall–Kier alpha value is -3.62. The third-order valence-electron chi connectivity index (χ3n) is 5.29. The molecule has 0 radical (unpaired) electrons. The molecule has 0 N–H and O–H groups in total. The number of piperazine rings is 1. The van der Waals surface area contributed by atoms with Crippen molar-refractivity contribution in [2.75, 3.05) is 31.1 Å². The number of anilines is 1. The van der Waals surface area contributed by atoms with Crippen LogP contribution in [-0.4, -0.2) is 51.5 Å². The Morgan fingerprint density at radius 3 is 2.50 bits per heavy atom. The van der Waals surface area contributed by atoms with E-state index in [9.17, 15) is 14.0 Å². The molecule has 0 bridgehead atoms. The van der Waals surface area contributed by atoms with E-state index in [2.05, 4.69) is 16.5 Å². The number of carbonyl (C=O) groups excluding carboxylic acids is 1. The highest BCUT2D eigenvalue weighted by Gasteiger charge is 2.26. The number of aryl methyl sites for hydroxylation is 1. The summed E-state index contributed by atoms with van der Waals surface area (Å²) in [5, 5.41) is 0.